The summed E-state index contributed by atoms with van der Waals surface area (Å²) < 4.78 is 29.4. The van der Waals surface area contributed by atoms with Crippen molar-refractivity contribution in [2.45, 2.75) is 38.3 Å². The molecule has 0 radical (unpaired) electrons. The van der Waals surface area contributed by atoms with E-state index in [1.807, 2.05) is 6.07 Å². The Labute approximate surface area is 105 Å². The Morgan fingerprint density at radius 2 is 2.06 bits per heavy atom. The van der Waals surface area contributed by atoms with Gasteiger partial charge < -0.3 is 9.73 Å². The highest BCUT2D eigenvalue weighted by Gasteiger charge is 2.07. The monoisotopic (exact) mass is 263 g/mol. The first-order chi connectivity index (χ1) is 8.11. The average molecular weight is 263 g/mol. The van der Waals surface area contributed by atoms with Crippen LogP contribution in [0.1, 0.15) is 31.8 Å². The molecule has 0 saturated heterocycles. The Bertz CT molecular complexity index is 317. The van der Waals surface area contributed by atoms with Gasteiger partial charge in [-0.25, -0.2) is 0 Å². The zero-order valence-corrected chi connectivity index (χ0v) is 11.0. The maximum atomic E-state index is 12.0. The lowest BCUT2D eigenvalue weighted by Crippen LogP contribution is -2.19. The van der Waals surface area contributed by atoms with Crippen molar-refractivity contribution in [2.24, 2.45) is 5.92 Å². The van der Waals surface area contributed by atoms with Crippen molar-refractivity contribution in [3.8, 4) is 0 Å². The topological polar surface area (TPSA) is 25.2 Å². The third-order valence-corrected chi connectivity index (χ3v) is 3.26. The van der Waals surface area contributed by atoms with Crippen LogP contribution in [0.15, 0.2) is 16.5 Å². The highest BCUT2D eigenvalue weighted by atomic mass is 32.2. The Morgan fingerprint density at radius 3 is 2.71 bits per heavy atom. The van der Waals surface area contributed by atoms with E-state index in [9.17, 15) is 8.78 Å². The van der Waals surface area contributed by atoms with Gasteiger partial charge in [0.15, 0.2) is 0 Å². The van der Waals surface area contributed by atoms with E-state index in [0.717, 1.165) is 18.7 Å². The lowest BCUT2D eigenvalue weighted by atomic mass is 10.1. The Hall–Kier alpha value is -0.550. The highest BCUT2D eigenvalue weighted by Crippen LogP contribution is 2.21. The summed E-state index contributed by atoms with van der Waals surface area (Å²) in [4.78, 5) is 0. The molecular weight excluding hydrogens is 244 g/mol. The SMILES string of the molecule is CCC(C)CNCc1ccc(CSC(F)F)o1. The second kappa shape index (κ2) is 7.71. The van der Waals surface area contributed by atoms with Crippen LogP contribution in [0.5, 0.6) is 0 Å². The second-order valence-electron chi connectivity index (χ2n) is 4.08. The van der Waals surface area contributed by atoms with Gasteiger partial charge >= 0.3 is 0 Å². The van der Waals surface area contributed by atoms with Gasteiger partial charge in [0.2, 0.25) is 0 Å². The lowest BCUT2D eigenvalue weighted by Gasteiger charge is -2.08. The van der Waals surface area contributed by atoms with Gasteiger partial charge in [-0.3, -0.25) is 0 Å². The molecule has 1 N–H and O–H groups in total. The molecule has 17 heavy (non-hydrogen) atoms. The first kappa shape index (κ1) is 14.5. The molecule has 0 bridgehead atoms. The van der Waals surface area contributed by atoms with E-state index in [-0.39, 0.29) is 5.75 Å². The maximum Gasteiger partial charge on any atom is 0.284 e. The highest BCUT2D eigenvalue weighted by molar-refractivity contribution is 7.98. The number of rotatable bonds is 8. The van der Waals surface area contributed by atoms with Gasteiger partial charge in [-0.1, -0.05) is 32.0 Å². The molecule has 1 unspecified atom stereocenters. The third kappa shape index (κ3) is 6.07. The number of halogens is 2. The molecule has 1 rings (SSSR count). The van der Waals surface area contributed by atoms with E-state index in [2.05, 4.69) is 19.2 Å². The fourth-order valence-electron chi connectivity index (χ4n) is 1.33. The lowest BCUT2D eigenvalue weighted by molar-refractivity contribution is 0.251. The fraction of sp³-hybridized carbons (Fsp3) is 0.667. The minimum atomic E-state index is -2.34. The molecule has 0 aliphatic rings. The van der Waals surface area contributed by atoms with Crippen molar-refractivity contribution < 1.29 is 13.2 Å². The predicted octanol–water partition coefficient (Wildman–Crippen LogP) is 3.87. The van der Waals surface area contributed by atoms with Crippen LogP contribution in [-0.2, 0) is 12.3 Å². The van der Waals surface area contributed by atoms with Crippen LogP contribution in [0.3, 0.4) is 0 Å². The summed E-state index contributed by atoms with van der Waals surface area (Å²) in [5.41, 5.74) is 0. The van der Waals surface area contributed by atoms with Gasteiger partial charge in [-0.2, -0.15) is 8.78 Å². The quantitative estimate of drug-likeness (QED) is 0.770. The molecule has 5 heteroatoms. The minimum absolute atomic E-state index is 0.225. The van der Waals surface area contributed by atoms with Gasteiger partial charge in [0.25, 0.3) is 5.76 Å². The summed E-state index contributed by atoms with van der Waals surface area (Å²) in [6.07, 6.45) is 1.14. The molecule has 0 spiro atoms. The molecule has 1 atom stereocenters. The number of furan rings is 1. The Kier molecular flexibility index (Phi) is 6.58. The summed E-state index contributed by atoms with van der Waals surface area (Å²) in [5.74, 6) is -0.0667. The van der Waals surface area contributed by atoms with Crippen molar-refractivity contribution in [3.63, 3.8) is 0 Å². The van der Waals surface area contributed by atoms with Crippen LogP contribution < -0.4 is 5.32 Å². The predicted molar refractivity (Wildman–Crippen MR) is 67.2 cm³/mol. The summed E-state index contributed by atoms with van der Waals surface area (Å²) in [7, 11) is 0. The molecule has 1 aromatic heterocycles. The Morgan fingerprint density at radius 1 is 1.35 bits per heavy atom. The molecule has 0 aromatic carbocycles. The standard InChI is InChI=1S/C12H19F2NOS/c1-3-9(2)6-15-7-10-4-5-11(16-10)8-17-12(13)14/h4-5,9,12,15H,3,6-8H2,1-2H3. The van der Waals surface area contributed by atoms with Gasteiger partial charge in [-0.05, 0) is 24.6 Å². The molecule has 0 saturated carbocycles. The summed E-state index contributed by atoms with van der Waals surface area (Å²) in [6.45, 7) is 5.93. The number of hydrogen-bond donors (Lipinski definition) is 1. The zero-order valence-electron chi connectivity index (χ0n) is 10.2. The largest absolute Gasteiger partial charge is 0.464 e. The van der Waals surface area contributed by atoms with E-state index < -0.39 is 5.76 Å². The van der Waals surface area contributed by atoms with Crippen LogP contribution in [0.4, 0.5) is 8.78 Å². The molecule has 1 aromatic rings. The zero-order chi connectivity index (χ0) is 12.7. The van der Waals surface area contributed by atoms with E-state index >= 15 is 0 Å². The first-order valence-electron chi connectivity index (χ1n) is 5.79. The van der Waals surface area contributed by atoms with Gasteiger partial charge in [0.05, 0.1) is 12.3 Å². The number of hydrogen-bond acceptors (Lipinski definition) is 3. The Balaban J connectivity index is 2.25. The first-order valence-corrected chi connectivity index (χ1v) is 6.84. The number of nitrogens with one attached hydrogen (secondary N) is 1. The molecule has 0 aliphatic carbocycles. The summed E-state index contributed by atoms with van der Waals surface area (Å²) in [5, 5.41) is 3.28. The maximum absolute atomic E-state index is 12.0. The molecule has 1 heterocycles. The summed E-state index contributed by atoms with van der Waals surface area (Å²) in [6, 6.07) is 3.60. The van der Waals surface area contributed by atoms with E-state index in [4.69, 9.17) is 4.42 Å². The van der Waals surface area contributed by atoms with Gasteiger partial charge in [0, 0.05) is 0 Å². The van der Waals surface area contributed by atoms with E-state index in [1.165, 1.54) is 0 Å². The number of alkyl halides is 2. The molecule has 2 nitrogen and oxygen atoms in total. The van der Waals surface area contributed by atoms with Crippen LogP contribution in [-0.4, -0.2) is 12.3 Å². The third-order valence-electron chi connectivity index (χ3n) is 2.56. The molecular formula is C12H19F2NOS. The summed E-state index contributed by atoms with van der Waals surface area (Å²) >= 11 is 0.583. The molecule has 98 valence electrons. The minimum Gasteiger partial charge on any atom is -0.464 e. The van der Waals surface area contributed by atoms with E-state index in [0.29, 0.717) is 30.0 Å². The molecule has 0 amide bonds. The van der Waals surface area contributed by atoms with Gasteiger partial charge in [0.1, 0.15) is 11.5 Å². The van der Waals surface area contributed by atoms with E-state index in [1.54, 1.807) is 6.07 Å². The van der Waals surface area contributed by atoms with Crippen molar-refractivity contribution >= 4 is 11.8 Å². The smallest absolute Gasteiger partial charge is 0.284 e. The van der Waals surface area contributed by atoms with Crippen molar-refractivity contribution in [1.29, 1.82) is 0 Å². The average Bonchev–Trinajstić information content (AvgIpc) is 2.74. The molecule has 0 fully saturated rings. The normalized spacial score (nSPS) is 13.2. The van der Waals surface area contributed by atoms with Crippen molar-refractivity contribution in [3.05, 3.63) is 23.7 Å². The van der Waals surface area contributed by atoms with Gasteiger partial charge in [-0.15, -0.1) is 0 Å². The van der Waals surface area contributed by atoms with Crippen LogP contribution in [0.2, 0.25) is 0 Å². The van der Waals surface area contributed by atoms with Crippen LogP contribution >= 0.6 is 11.8 Å². The van der Waals surface area contributed by atoms with Crippen LogP contribution in [0, 0.1) is 5.92 Å². The number of thioether (sulfide) groups is 1. The second-order valence-corrected chi connectivity index (χ2v) is 5.06. The fourth-order valence-corrected chi connectivity index (χ4v) is 1.77. The van der Waals surface area contributed by atoms with Crippen molar-refractivity contribution in [1.82, 2.24) is 5.32 Å². The van der Waals surface area contributed by atoms with Crippen molar-refractivity contribution in [2.75, 3.05) is 6.54 Å². The molecule has 0 aliphatic heterocycles. The van der Waals surface area contributed by atoms with Crippen LogP contribution in [0.25, 0.3) is 0 Å².